The van der Waals surface area contributed by atoms with Crippen molar-refractivity contribution < 1.29 is 9.13 Å². The maximum absolute atomic E-state index is 15.0. The minimum absolute atomic E-state index is 0.0189. The van der Waals surface area contributed by atoms with E-state index in [0.717, 1.165) is 17.7 Å². The van der Waals surface area contributed by atoms with Gasteiger partial charge in [-0.1, -0.05) is 11.6 Å². The normalized spacial score (nSPS) is 18.5. The Balaban J connectivity index is 1.67. The summed E-state index contributed by atoms with van der Waals surface area (Å²) in [6.45, 7) is 6.08. The lowest BCUT2D eigenvalue weighted by Gasteiger charge is -2.29. The molecule has 0 bridgehead atoms. The van der Waals surface area contributed by atoms with Crippen molar-refractivity contribution in [3.8, 4) is 11.3 Å². The largest absolute Gasteiger partial charge is 0.373 e. The van der Waals surface area contributed by atoms with Gasteiger partial charge in [-0.3, -0.25) is 13.9 Å². The van der Waals surface area contributed by atoms with E-state index in [0.29, 0.717) is 41.3 Å². The molecule has 5 rings (SSSR count). The number of fused-ring (bicyclic) bond motifs is 1. The minimum Gasteiger partial charge on any atom is -0.373 e. The highest BCUT2D eigenvalue weighted by atomic mass is 35.5. The number of aromatic nitrogens is 5. The molecule has 4 heterocycles. The summed E-state index contributed by atoms with van der Waals surface area (Å²) < 4.78 is 24.4. The van der Waals surface area contributed by atoms with Gasteiger partial charge < -0.3 is 4.74 Å². The van der Waals surface area contributed by atoms with Gasteiger partial charge >= 0.3 is 0 Å². The molecule has 176 valence electrons. The zero-order chi connectivity index (χ0) is 24.1. The Hall–Kier alpha value is -3.10. The molecule has 1 fully saturated rings. The van der Waals surface area contributed by atoms with Crippen molar-refractivity contribution in [3.05, 3.63) is 80.0 Å². The van der Waals surface area contributed by atoms with Gasteiger partial charge in [0, 0.05) is 58.9 Å². The van der Waals surface area contributed by atoms with E-state index in [9.17, 15) is 9.18 Å². The van der Waals surface area contributed by atoms with Crippen molar-refractivity contribution in [2.75, 3.05) is 6.61 Å². The summed E-state index contributed by atoms with van der Waals surface area (Å²) >= 11 is 5.98. The standard InChI is InChI=1S/C25H25ClFN5O2/c1-13-14(2)29-24-23(18-6-5-17(26)10-20(18)27)30-21(12-32(24)25(13)33)16-7-8-34-22(9-16)19-11-28-31(4)15(19)3/h5-6,10-12,16,22H,7-9H2,1-4H3/t16-,22+/m1/s1. The van der Waals surface area contributed by atoms with E-state index in [1.807, 2.05) is 24.9 Å². The topological polar surface area (TPSA) is 74.3 Å². The van der Waals surface area contributed by atoms with E-state index >= 15 is 0 Å². The predicted octanol–water partition coefficient (Wildman–Crippen LogP) is 4.84. The average Bonchev–Trinajstić information content (AvgIpc) is 3.15. The molecule has 0 N–H and O–H groups in total. The molecule has 0 aliphatic carbocycles. The molecule has 4 aromatic rings. The number of rotatable bonds is 3. The summed E-state index contributed by atoms with van der Waals surface area (Å²) in [6, 6.07) is 4.44. The molecule has 0 spiro atoms. The molecule has 0 saturated carbocycles. The van der Waals surface area contributed by atoms with Crippen LogP contribution in [0.3, 0.4) is 0 Å². The zero-order valence-corrected chi connectivity index (χ0v) is 20.2. The van der Waals surface area contributed by atoms with E-state index in [4.69, 9.17) is 21.3 Å². The van der Waals surface area contributed by atoms with Gasteiger partial charge in [-0.2, -0.15) is 5.10 Å². The Kier molecular flexibility index (Phi) is 5.73. The number of hydrogen-bond donors (Lipinski definition) is 0. The first-order valence-electron chi connectivity index (χ1n) is 11.2. The van der Waals surface area contributed by atoms with Gasteiger partial charge in [-0.15, -0.1) is 0 Å². The summed E-state index contributed by atoms with van der Waals surface area (Å²) in [6.07, 6.45) is 4.88. The fraction of sp³-hybridized carbons (Fsp3) is 0.360. The van der Waals surface area contributed by atoms with Crippen LogP contribution in [0.25, 0.3) is 16.9 Å². The molecule has 7 nitrogen and oxygen atoms in total. The average molecular weight is 482 g/mol. The molecule has 1 saturated heterocycles. The summed E-state index contributed by atoms with van der Waals surface area (Å²) in [5.74, 6) is -0.493. The van der Waals surface area contributed by atoms with Crippen LogP contribution in [0.2, 0.25) is 5.02 Å². The van der Waals surface area contributed by atoms with Gasteiger partial charge in [-0.05, 0) is 51.8 Å². The van der Waals surface area contributed by atoms with Crippen molar-refractivity contribution in [2.45, 2.75) is 45.6 Å². The van der Waals surface area contributed by atoms with Crippen LogP contribution >= 0.6 is 11.6 Å². The molecule has 34 heavy (non-hydrogen) atoms. The third-order valence-electron chi connectivity index (χ3n) is 6.81. The van der Waals surface area contributed by atoms with Crippen molar-refractivity contribution in [3.63, 3.8) is 0 Å². The molecule has 1 aliphatic rings. The highest BCUT2D eigenvalue weighted by Gasteiger charge is 2.29. The van der Waals surface area contributed by atoms with Crippen LogP contribution < -0.4 is 5.56 Å². The highest BCUT2D eigenvalue weighted by Crippen LogP contribution is 2.39. The number of nitrogens with zero attached hydrogens (tertiary/aromatic N) is 5. The molecule has 1 aliphatic heterocycles. The third-order valence-corrected chi connectivity index (χ3v) is 7.04. The van der Waals surface area contributed by atoms with Crippen LogP contribution in [-0.4, -0.2) is 30.8 Å². The van der Waals surface area contributed by atoms with Gasteiger partial charge in [-0.25, -0.2) is 14.4 Å². The predicted molar refractivity (Wildman–Crippen MR) is 128 cm³/mol. The maximum Gasteiger partial charge on any atom is 0.261 e. The van der Waals surface area contributed by atoms with Crippen LogP contribution in [0.1, 0.15) is 53.1 Å². The van der Waals surface area contributed by atoms with Crippen LogP contribution in [-0.2, 0) is 11.8 Å². The lowest BCUT2D eigenvalue weighted by Crippen LogP contribution is -2.24. The lowest BCUT2D eigenvalue weighted by molar-refractivity contribution is 0.00418. The van der Waals surface area contributed by atoms with E-state index < -0.39 is 5.82 Å². The Labute approximate surface area is 201 Å². The van der Waals surface area contributed by atoms with Crippen LogP contribution in [0.15, 0.2) is 35.4 Å². The molecular weight excluding hydrogens is 457 g/mol. The Bertz CT molecular complexity index is 1480. The second-order valence-electron chi connectivity index (χ2n) is 8.85. The first kappa shape index (κ1) is 22.7. The van der Waals surface area contributed by atoms with Gasteiger partial charge in [0.15, 0.2) is 5.65 Å². The second kappa shape index (κ2) is 8.60. The van der Waals surface area contributed by atoms with Gasteiger partial charge in [0.05, 0.1) is 18.0 Å². The molecular formula is C25H25ClFN5O2. The quantitative estimate of drug-likeness (QED) is 0.418. The maximum atomic E-state index is 15.0. The number of hydrogen-bond acceptors (Lipinski definition) is 5. The Morgan fingerprint density at radius 3 is 2.71 bits per heavy atom. The zero-order valence-electron chi connectivity index (χ0n) is 19.5. The Morgan fingerprint density at radius 2 is 2.00 bits per heavy atom. The summed E-state index contributed by atoms with van der Waals surface area (Å²) in [5, 5.41) is 4.63. The van der Waals surface area contributed by atoms with Crippen molar-refractivity contribution in [1.82, 2.24) is 24.1 Å². The number of halogens is 2. The molecule has 0 unspecified atom stereocenters. The number of ether oxygens (including phenoxy) is 1. The second-order valence-corrected chi connectivity index (χ2v) is 9.29. The first-order chi connectivity index (χ1) is 16.2. The van der Waals surface area contributed by atoms with Gasteiger partial charge in [0.2, 0.25) is 0 Å². The minimum atomic E-state index is -0.512. The smallest absolute Gasteiger partial charge is 0.261 e. The molecule has 2 atom stereocenters. The molecule has 3 aromatic heterocycles. The van der Waals surface area contributed by atoms with E-state index in [2.05, 4.69) is 10.1 Å². The van der Waals surface area contributed by atoms with E-state index in [-0.39, 0.29) is 28.2 Å². The summed E-state index contributed by atoms with van der Waals surface area (Å²) in [4.78, 5) is 22.7. The molecule has 1 aromatic carbocycles. The van der Waals surface area contributed by atoms with E-state index in [1.54, 1.807) is 32.2 Å². The van der Waals surface area contributed by atoms with Crippen molar-refractivity contribution in [1.29, 1.82) is 0 Å². The monoisotopic (exact) mass is 481 g/mol. The number of benzene rings is 1. The van der Waals surface area contributed by atoms with Crippen LogP contribution in [0.4, 0.5) is 4.39 Å². The molecule has 0 radical (unpaired) electrons. The number of aryl methyl sites for hydroxylation is 2. The van der Waals surface area contributed by atoms with Gasteiger partial charge in [0.25, 0.3) is 5.56 Å². The van der Waals surface area contributed by atoms with Crippen LogP contribution in [0, 0.1) is 26.6 Å². The summed E-state index contributed by atoms with van der Waals surface area (Å²) in [5.41, 5.74) is 4.66. The van der Waals surface area contributed by atoms with Gasteiger partial charge in [0.1, 0.15) is 11.5 Å². The lowest BCUT2D eigenvalue weighted by atomic mass is 9.89. The first-order valence-corrected chi connectivity index (χ1v) is 11.6. The van der Waals surface area contributed by atoms with E-state index in [1.165, 1.54) is 10.5 Å². The van der Waals surface area contributed by atoms with Crippen molar-refractivity contribution >= 4 is 17.2 Å². The molecule has 0 amide bonds. The third kappa shape index (κ3) is 3.80. The summed E-state index contributed by atoms with van der Waals surface area (Å²) in [7, 11) is 1.90. The van der Waals surface area contributed by atoms with Crippen LogP contribution in [0.5, 0.6) is 0 Å². The highest BCUT2D eigenvalue weighted by molar-refractivity contribution is 6.30. The fourth-order valence-electron chi connectivity index (χ4n) is 4.53. The fourth-order valence-corrected chi connectivity index (χ4v) is 4.69. The Morgan fingerprint density at radius 1 is 1.21 bits per heavy atom. The molecule has 9 heteroatoms. The SMILES string of the molecule is Cc1nc2c(-c3ccc(Cl)cc3F)nc([C@@H]3CCO[C@H](c4cnn(C)c4C)C3)cn2c(=O)c1C. The van der Waals surface area contributed by atoms with Crippen molar-refractivity contribution in [2.24, 2.45) is 7.05 Å².